The fourth-order valence-electron chi connectivity index (χ4n) is 4.25. The number of fused-ring (bicyclic) bond motifs is 1. The van der Waals surface area contributed by atoms with Crippen LogP contribution in [0.1, 0.15) is 17.2 Å². The molecule has 4 aromatic rings. The molecule has 0 aliphatic carbocycles. The molecule has 1 fully saturated rings. The van der Waals surface area contributed by atoms with Crippen LogP contribution in [0, 0.1) is 0 Å². The van der Waals surface area contributed by atoms with Crippen LogP contribution < -0.4 is 5.32 Å². The van der Waals surface area contributed by atoms with Crippen molar-refractivity contribution in [3.63, 3.8) is 0 Å². The Morgan fingerprint density at radius 3 is 2.68 bits per heavy atom. The van der Waals surface area contributed by atoms with Crippen molar-refractivity contribution in [2.75, 3.05) is 13.1 Å². The average molecular weight is 437 g/mol. The Morgan fingerprint density at radius 1 is 1.06 bits per heavy atom. The average Bonchev–Trinajstić information content (AvgIpc) is 3.52. The molecular weight excluding hydrogens is 412 g/mol. The molecule has 1 N–H and O–H groups in total. The summed E-state index contributed by atoms with van der Waals surface area (Å²) in [7, 11) is -1.89. The Balaban J connectivity index is 1.42. The Morgan fingerprint density at radius 2 is 1.90 bits per heavy atom. The SMILES string of the molecule is Cn1cnc(S(=O)(=O)N2CC(c3ccccc3)[C@H](NCc3cccc4cncn34)C2)c1. The summed E-state index contributed by atoms with van der Waals surface area (Å²) in [4.78, 5) is 8.30. The van der Waals surface area contributed by atoms with Crippen molar-refractivity contribution >= 4 is 15.5 Å². The zero-order valence-corrected chi connectivity index (χ0v) is 18.0. The molecule has 1 aromatic carbocycles. The normalized spacial score (nSPS) is 19.9. The van der Waals surface area contributed by atoms with E-state index >= 15 is 0 Å². The lowest BCUT2D eigenvalue weighted by atomic mass is 9.94. The molecule has 160 valence electrons. The first-order chi connectivity index (χ1) is 15.0. The second-order valence-electron chi connectivity index (χ2n) is 7.91. The topological polar surface area (TPSA) is 84.5 Å². The zero-order valence-electron chi connectivity index (χ0n) is 17.2. The fraction of sp³-hybridized carbons (Fsp3) is 0.273. The molecule has 0 spiro atoms. The van der Waals surface area contributed by atoms with Gasteiger partial charge in [-0.15, -0.1) is 0 Å². The van der Waals surface area contributed by atoms with E-state index in [2.05, 4.69) is 33.5 Å². The van der Waals surface area contributed by atoms with Gasteiger partial charge in [-0.3, -0.25) is 0 Å². The van der Waals surface area contributed by atoms with Gasteiger partial charge in [0.2, 0.25) is 0 Å². The van der Waals surface area contributed by atoms with Crippen molar-refractivity contribution in [2.24, 2.45) is 7.05 Å². The van der Waals surface area contributed by atoms with E-state index < -0.39 is 10.0 Å². The lowest BCUT2D eigenvalue weighted by molar-refractivity contribution is 0.452. The van der Waals surface area contributed by atoms with Crippen LogP contribution in [-0.2, 0) is 23.6 Å². The maximum atomic E-state index is 13.2. The minimum atomic E-state index is -3.65. The number of nitrogens with zero attached hydrogens (tertiary/aromatic N) is 5. The maximum absolute atomic E-state index is 13.2. The van der Waals surface area contributed by atoms with Crippen LogP contribution in [0.5, 0.6) is 0 Å². The second-order valence-corrected chi connectivity index (χ2v) is 9.79. The van der Waals surface area contributed by atoms with Crippen molar-refractivity contribution < 1.29 is 8.42 Å². The first kappa shape index (κ1) is 19.9. The predicted molar refractivity (Wildman–Crippen MR) is 117 cm³/mol. The molecule has 1 saturated heterocycles. The number of hydrogen-bond donors (Lipinski definition) is 1. The molecule has 0 amide bonds. The van der Waals surface area contributed by atoms with E-state index in [-0.39, 0.29) is 17.0 Å². The van der Waals surface area contributed by atoms with E-state index in [4.69, 9.17) is 0 Å². The van der Waals surface area contributed by atoms with Gasteiger partial charge in [0, 0.05) is 50.5 Å². The molecule has 8 nitrogen and oxygen atoms in total. The van der Waals surface area contributed by atoms with E-state index in [9.17, 15) is 8.42 Å². The third kappa shape index (κ3) is 3.76. The summed E-state index contributed by atoms with van der Waals surface area (Å²) in [6.07, 6.45) is 6.69. The maximum Gasteiger partial charge on any atom is 0.262 e. The molecule has 0 radical (unpaired) electrons. The second kappa shape index (κ2) is 7.92. The predicted octanol–water partition coefficient (Wildman–Crippen LogP) is 2.01. The highest BCUT2D eigenvalue weighted by atomic mass is 32.2. The Kier molecular flexibility index (Phi) is 5.09. The third-order valence-corrected chi connectivity index (χ3v) is 7.59. The van der Waals surface area contributed by atoms with Crippen LogP contribution in [0.3, 0.4) is 0 Å². The van der Waals surface area contributed by atoms with Crippen LogP contribution >= 0.6 is 0 Å². The van der Waals surface area contributed by atoms with Crippen molar-refractivity contribution in [2.45, 2.75) is 23.5 Å². The van der Waals surface area contributed by atoms with Crippen LogP contribution in [-0.4, -0.2) is 50.8 Å². The number of imidazole rings is 2. The van der Waals surface area contributed by atoms with Gasteiger partial charge in [-0.25, -0.2) is 18.4 Å². The highest BCUT2D eigenvalue weighted by molar-refractivity contribution is 7.89. The first-order valence-corrected chi connectivity index (χ1v) is 11.6. The number of aromatic nitrogens is 4. The molecule has 0 saturated carbocycles. The summed E-state index contributed by atoms with van der Waals surface area (Å²) in [5.74, 6) is 0.0432. The van der Waals surface area contributed by atoms with Gasteiger partial charge >= 0.3 is 0 Å². The van der Waals surface area contributed by atoms with Gasteiger partial charge in [-0.2, -0.15) is 4.31 Å². The van der Waals surface area contributed by atoms with Crippen LogP contribution in [0.4, 0.5) is 0 Å². The van der Waals surface area contributed by atoms with Crippen molar-refractivity contribution in [1.29, 1.82) is 0 Å². The third-order valence-electron chi connectivity index (χ3n) is 5.88. The van der Waals surface area contributed by atoms with Crippen LogP contribution in [0.25, 0.3) is 5.52 Å². The van der Waals surface area contributed by atoms with E-state index in [0.29, 0.717) is 19.6 Å². The molecule has 3 aromatic heterocycles. The monoisotopic (exact) mass is 436 g/mol. The lowest BCUT2D eigenvalue weighted by Gasteiger charge is -2.20. The van der Waals surface area contributed by atoms with E-state index in [1.807, 2.05) is 40.9 Å². The van der Waals surface area contributed by atoms with Gasteiger partial charge in [0.15, 0.2) is 5.03 Å². The molecule has 5 rings (SSSR count). The summed E-state index contributed by atoms with van der Waals surface area (Å²) in [6.45, 7) is 1.41. The van der Waals surface area contributed by atoms with E-state index in [1.54, 1.807) is 28.4 Å². The summed E-state index contributed by atoms with van der Waals surface area (Å²) in [5, 5.41) is 3.70. The van der Waals surface area contributed by atoms with Crippen LogP contribution in [0.2, 0.25) is 0 Å². The number of hydrogen-bond acceptors (Lipinski definition) is 5. The number of benzene rings is 1. The Bertz CT molecular complexity index is 1300. The summed E-state index contributed by atoms with van der Waals surface area (Å²) >= 11 is 0. The highest BCUT2D eigenvalue weighted by Crippen LogP contribution is 2.31. The van der Waals surface area contributed by atoms with E-state index in [1.165, 1.54) is 6.33 Å². The Hall–Kier alpha value is -3.01. The van der Waals surface area contributed by atoms with Crippen molar-refractivity contribution in [3.8, 4) is 0 Å². The van der Waals surface area contributed by atoms with Gasteiger partial charge in [0.05, 0.1) is 24.4 Å². The summed E-state index contributed by atoms with van der Waals surface area (Å²) < 4.78 is 31.6. The zero-order chi connectivity index (χ0) is 21.4. The molecule has 1 unspecified atom stereocenters. The minimum absolute atomic E-state index is 0.0281. The molecule has 2 atom stereocenters. The number of sulfonamides is 1. The molecule has 1 aliphatic heterocycles. The summed E-state index contributed by atoms with van der Waals surface area (Å²) in [5.41, 5.74) is 3.23. The number of aryl methyl sites for hydroxylation is 1. The first-order valence-electron chi connectivity index (χ1n) is 10.2. The van der Waals surface area contributed by atoms with Crippen LogP contribution in [0.15, 0.2) is 78.6 Å². The number of rotatable bonds is 6. The molecule has 31 heavy (non-hydrogen) atoms. The number of nitrogens with one attached hydrogen (secondary N) is 1. The van der Waals surface area contributed by atoms with Gasteiger partial charge in [-0.1, -0.05) is 36.4 Å². The Labute approximate surface area is 181 Å². The molecule has 0 bridgehead atoms. The highest BCUT2D eigenvalue weighted by Gasteiger charge is 2.40. The minimum Gasteiger partial charge on any atom is -0.339 e. The van der Waals surface area contributed by atoms with E-state index in [0.717, 1.165) is 16.8 Å². The summed E-state index contributed by atoms with van der Waals surface area (Å²) in [6, 6.07) is 16.1. The standard InChI is InChI=1S/C22H24N6O2S/c1-26-14-22(25-16-26)31(29,30)27-12-20(17-6-3-2-4-7-17)21(13-27)24-11-19-9-5-8-18-10-23-15-28(18)19/h2-10,14-16,20-21,24H,11-13H2,1H3/t20?,21-/m1/s1. The molecule has 1 aliphatic rings. The van der Waals surface area contributed by atoms with Crippen molar-refractivity contribution in [3.05, 3.63) is 84.8 Å². The van der Waals surface area contributed by atoms with Gasteiger partial charge in [-0.05, 0) is 17.7 Å². The largest absolute Gasteiger partial charge is 0.339 e. The fourth-order valence-corrected chi connectivity index (χ4v) is 5.71. The molecule has 9 heteroatoms. The van der Waals surface area contributed by atoms with Gasteiger partial charge < -0.3 is 14.3 Å². The molecule has 4 heterocycles. The smallest absolute Gasteiger partial charge is 0.262 e. The molecular formula is C22H24N6O2S. The van der Waals surface area contributed by atoms with Gasteiger partial charge in [0.1, 0.15) is 0 Å². The quantitative estimate of drug-likeness (QED) is 0.500. The van der Waals surface area contributed by atoms with Gasteiger partial charge in [0.25, 0.3) is 10.0 Å². The number of pyridine rings is 1. The van der Waals surface area contributed by atoms with Crippen molar-refractivity contribution in [1.82, 2.24) is 28.6 Å². The lowest BCUT2D eigenvalue weighted by Crippen LogP contribution is -2.36.